The zero-order valence-electron chi connectivity index (χ0n) is 13.7. The lowest BCUT2D eigenvalue weighted by atomic mass is 10.1. The molecule has 0 saturated carbocycles. The van der Waals surface area contributed by atoms with E-state index < -0.39 is 0 Å². The van der Waals surface area contributed by atoms with Crippen LogP contribution in [0, 0.1) is 0 Å². The van der Waals surface area contributed by atoms with Gasteiger partial charge in [-0.25, -0.2) is 9.69 Å². The molecule has 124 valence electrons. The molecular weight excluding hydrogens is 306 g/mol. The van der Waals surface area contributed by atoms with Crippen LogP contribution in [0.25, 0.3) is 5.69 Å². The van der Waals surface area contributed by atoms with Crippen LogP contribution >= 0.6 is 0 Å². The lowest BCUT2D eigenvalue weighted by Gasteiger charge is -2.22. The fourth-order valence-electron chi connectivity index (χ4n) is 2.55. The monoisotopic (exact) mass is 325 g/mol. The third-order valence-electron chi connectivity index (χ3n) is 3.88. The molecule has 1 aliphatic heterocycles. The van der Waals surface area contributed by atoms with Crippen molar-refractivity contribution in [2.45, 2.75) is 19.4 Å². The first kappa shape index (κ1) is 15.9. The molecule has 0 fully saturated rings. The van der Waals surface area contributed by atoms with Gasteiger partial charge in [-0.2, -0.15) is 10.2 Å². The number of carbonyl (C=O) groups is 2. The third-order valence-corrected chi connectivity index (χ3v) is 3.88. The minimum absolute atomic E-state index is 0.0710. The zero-order chi connectivity index (χ0) is 17.1. The smallest absolute Gasteiger partial charge is 0.270 e. The van der Waals surface area contributed by atoms with E-state index in [-0.39, 0.29) is 11.8 Å². The lowest BCUT2D eigenvalue weighted by molar-refractivity contribution is -0.130. The van der Waals surface area contributed by atoms with Crippen LogP contribution in [0.4, 0.5) is 0 Å². The van der Waals surface area contributed by atoms with Crippen molar-refractivity contribution in [3.8, 4) is 5.69 Å². The predicted molar refractivity (Wildman–Crippen MR) is 89.5 cm³/mol. The molecule has 2 heterocycles. The molecule has 7 heteroatoms. The van der Waals surface area contributed by atoms with Crippen LogP contribution in [0.2, 0.25) is 0 Å². The van der Waals surface area contributed by atoms with E-state index in [1.165, 1.54) is 5.01 Å². The van der Waals surface area contributed by atoms with Crippen LogP contribution in [0.5, 0.6) is 0 Å². The maximum atomic E-state index is 12.5. The van der Waals surface area contributed by atoms with Gasteiger partial charge in [0, 0.05) is 45.2 Å². The van der Waals surface area contributed by atoms with E-state index in [0.717, 1.165) is 11.3 Å². The first-order chi connectivity index (χ1) is 11.5. The number of para-hydroxylation sites is 1. The summed E-state index contributed by atoms with van der Waals surface area (Å²) in [6.45, 7) is 0.433. The van der Waals surface area contributed by atoms with Gasteiger partial charge in [-0.05, 0) is 12.1 Å². The Labute approximate surface area is 140 Å². The quantitative estimate of drug-likeness (QED) is 0.854. The summed E-state index contributed by atoms with van der Waals surface area (Å²) in [5, 5.41) is 9.63. The van der Waals surface area contributed by atoms with Gasteiger partial charge in [-0.1, -0.05) is 18.2 Å². The molecule has 0 saturated heterocycles. The standard InChI is InChI=1S/C17H19N5O2/c1-20(17(24)15-8-9-16(23)21(2)19-15)11-13-10-18-22(12-13)14-6-4-3-5-7-14/h3-7,10,12H,8-9,11H2,1-2H3. The van der Waals surface area contributed by atoms with Crippen molar-refractivity contribution in [3.05, 3.63) is 48.3 Å². The van der Waals surface area contributed by atoms with E-state index in [1.807, 2.05) is 36.5 Å². The topological polar surface area (TPSA) is 70.8 Å². The molecule has 2 aromatic rings. The Kier molecular flexibility index (Phi) is 4.41. The number of benzene rings is 1. The number of nitrogens with zero attached hydrogens (tertiary/aromatic N) is 5. The Hall–Kier alpha value is -2.96. The molecule has 3 rings (SSSR count). The summed E-state index contributed by atoms with van der Waals surface area (Å²) in [5.41, 5.74) is 2.31. The SMILES string of the molecule is CN(Cc1cnn(-c2ccccc2)c1)C(=O)C1=NN(C)C(=O)CC1. The second-order valence-electron chi connectivity index (χ2n) is 5.75. The van der Waals surface area contributed by atoms with E-state index in [1.54, 1.807) is 29.9 Å². The highest BCUT2D eigenvalue weighted by Crippen LogP contribution is 2.12. The normalized spacial score (nSPS) is 14.5. The first-order valence-corrected chi connectivity index (χ1v) is 7.73. The second-order valence-corrected chi connectivity index (χ2v) is 5.75. The molecule has 1 aromatic carbocycles. The summed E-state index contributed by atoms with van der Waals surface area (Å²) in [6, 6.07) is 9.79. The maximum absolute atomic E-state index is 12.5. The molecule has 0 spiro atoms. The minimum atomic E-state index is -0.165. The van der Waals surface area contributed by atoms with E-state index in [0.29, 0.717) is 25.1 Å². The molecule has 24 heavy (non-hydrogen) atoms. The second kappa shape index (κ2) is 6.66. The zero-order valence-corrected chi connectivity index (χ0v) is 13.7. The number of hydrogen-bond donors (Lipinski definition) is 0. The number of amides is 2. The Balaban J connectivity index is 1.68. The largest absolute Gasteiger partial charge is 0.336 e. The van der Waals surface area contributed by atoms with Crippen LogP contribution < -0.4 is 0 Å². The van der Waals surface area contributed by atoms with Gasteiger partial charge in [-0.15, -0.1) is 0 Å². The summed E-state index contributed by atoms with van der Waals surface area (Å²) in [4.78, 5) is 25.5. The van der Waals surface area contributed by atoms with Crippen molar-refractivity contribution in [2.24, 2.45) is 5.10 Å². The van der Waals surface area contributed by atoms with E-state index in [9.17, 15) is 9.59 Å². The molecular formula is C17H19N5O2. The average molecular weight is 325 g/mol. The highest BCUT2D eigenvalue weighted by Gasteiger charge is 2.24. The van der Waals surface area contributed by atoms with Crippen LogP contribution in [-0.2, 0) is 16.1 Å². The van der Waals surface area contributed by atoms with Gasteiger partial charge in [-0.3, -0.25) is 9.59 Å². The molecule has 0 atom stereocenters. The van der Waals surface area contributed by atoms with Crippen LogP contribution in [0.3, 0.4) is 0 Å². The molecule has 0 N–H and O–H groups in total. The van der Waals surface area contributed by atoms with Gasteiger partial charge in [0.25, 0.3) is 5.91 Å². The highest BCUT2D eigenvalue weighted by molar-refractivity contribution is 6.39. The molecule has 1 aromatic heterocycles. The number of aromatic nitrogens is 2. The molecule has 0 radical (unpaired) electrons. The molecule has 7 nitrogen and oxygen atoms in total. The van der Waals surface area contributed by atoms with Gasteiger partial charge in [0.15, 0.2) is 0 Å². The predicted octanol–water partition coefficient (Wildman–Crippen LogP) is 1.44. The van der Waals surface area contributed by atoms with Crippen molar-refractivity contribution in [1.29, 1.82) is 0 Å². The van der Waals surface area contributed by atoms with Gasteiger partial charge in [0.05, 0.1) is 11.9 Å². The van der Waals surface area contributed by atoms with E-state index in [4.69, 9.17) is 0 Å². The van der Waals surface area contributed by atoms with Gasteiger partial charge < -0.3 is 4.90 Å². The molecule has 0 bridgehead atoms. The Morgan fingerprint density at radius 1 is 1.25 bits per heavy atom. The van der Waals surface area contributed by atoms with Crippen LogP contribution in [-0.4, -0.2) is 51.3 Å². The van der Waals surface area contributed by atoms with Gasteiger partial charge >= 0.3 is 0 Å². The molecule has 1 aliphatic rings. The van der Waals surface area contributed by atoms with Crippen LogP contribution in [0.15, 0.2) is 47.8 Å². The Morgan fingerprint density at radius 2 is 2.00 bits per heavy atom. The van der Waals surface area contributed by atoms with Crippen molar-refractivity contribution in [3.63, 3.8) is 0 Å². The fourth-order valence-corrected chi connectivity index (χ4v) is 2.55. The summed E-state index contributed by atoms with van der Waals surface area (Å²) in [7, 11) is 3.29. The van der Waals surface area contributed by atoms with Crippen molar-refractivity contribution in [1.82, 2.24) is 19.7 Å². The number of hydrogen-bond acceptors (Lipinski definition) is 4. The highest BCUT2D eigenvalue weighted by atomic mass is 16.2. The van der Waals surface area contributed by atoms with E-state index in [2.05, 4.69) is 10.2 Å². The van der Waals surface area contributed by atoms with Crippen molar-refractivity contribution in [2.75, 3.05) is 14.1 Å². The van der Waals surface area contributed by atoms with Crippen molar-refractivity contribution >= 4 is 17.5 Å². The Bertz CT molecular complexity index is 781. The van der Waals surface area contributed by atoms with Crippen LogP contribution in [0.1, 0.15) is 18.4 Å². The maximum Gasteiger partial charge on any atom is 0.270 e. The summed E-state index contributed by atoms with van der Waals surface area (Å²) in [6.07, 6.45) is 4.35. The van der Waals surface area contributed by atoms with E-state index >= 15 is 0 Å². The van der Waals surface area contributed by atoms with Gasteiger partial charge in [0.2, 0.25) is 5.91 Å². The molecule has 0 aliphatic carbocycles. The first-order valence-electron chi connectivity index (χ1n) is 7.73. The Morgan fingerprint density at radius 3 is 2.71 bits per heavy atom. The minimum Gasteiger partial charge on any atom is -0.336 e. The third kappa shape index (κ3) is 3.34. The van der Waals surface area contributed by atoms with Crippen molar-refractivity contribution < 1.29 is 9.59 Å². The summed E-state index contributed by atoms with van der Waals surface area (Å²) < 4.78 is 1.78. The summed E-state index contributed by atoms with van der Waals surface area (Å²) in [5.74, 6) is -0.236. The number of hydrazone groups is 1. The average Bonchev–Trinajstić information content (AvgIpc) is 3.06. The fraction of sp³-hybridized carbons (Fsp3) is 0.294. The molecule has 0 unspecified atom stereocenters. The molecule has 2 amide bonds. The number of rotatable bonds is 4. The number of carbonyl (C=O) groups excluding carboxylic acids is 2. The lowest BCUT2D eigenvalue weighted by Crippen LogP contribution is -2.38. The van der Waals surface area contributed by atoms with Gasteiger partial charge in [0.1, 0.15) is 5.71 Å². The summed E-state index contributed by atoms with van der Waals surface area (Å²) >= 11 is 0.